The molecule has 1 N–H and O–H groups in total. The van der Waals surface area contributed by atoms with Crippen LogP contribution in [0.5, 0.6) is 0 Å². The second kappa shape index (κ2) is 4.72. The van der Waals surface area contributed by atoms with Crippen molar-refractivity contribution in [3.8, 4) is 0 Å². The summed E-state index contributed by atoms with van der Waals surface area (Å²) in [6, 6.07) is 5.00. The molecule has 0 atom stereocenters. The first kappa shape index (κ1) is 10.9. The smallest absolute Gasteiger partial charge is 0.354 e. The maximum absolute atomic E-state index is 10.4. The van der Waals surface area contributed by atoms with Crippen molar-refractivity contribution in [3.63, 3.8) is 0 Å². The first-order valence-electron chi connectivity index (χ1n) is 3.43. The maximum atomic E-state index is 10.4. The molecule has 0 bridgehead atoms. The van der Waals surface area contributed by atoms with Crippen LogP contribution in [0.3, 0.4) is 0 Å². The molecule has 3 nitrogen and oxygen atoms in total. The van der Waals surface area contributed by atoms with E-state index >= 15 is 0 Å². The van der Waals surface area contributed by atoms with Gasteiger partial charge in [0.2, 0.25) is 0 Å². The van der Waals surface area contributed by atoms with Crippen LogP contribution >= 0.6 is 12.4 Å². The van der Waals surface area contributed by atoms with Crippen LogP contribution in [0.15, 0.2) is 18.2 Å². The summed E-state index contributed by atoms with van der Waals surface area (Å²) >= 11 is 0. The zero-order chi connectivity index (χ0) is 8.27. The number of carboxylic acids is 1. The molecule has 66 valence electrons. The normalized spacial score (nSPS) is 8.75. The molecule has 1 rings (SSSR count). The van der Waals surface area contributed by atoms with Crippen molar-refractivity contribution in [2.45, 2.75) is 13.3 Å². The SMILES string of the molecule is CCc1cccc(C(=O)O)n1.Cl. The Labute approximate surface area is 76.9 Å². The number of carboxylic acid groups (broad SMARTS) is 1. The molecule has 0 aromatic carbocycles. The van der Waals surface area contributed by atoms with Crippen molar-refractivity contribution in [1.29, 1.82) is 0 Å². The number of aromatic carboxylic acids is 1. The van der Waals surface area contributed by atoms with E-state index in [1.165, 1.54) is 6.07 Å². The van der Waals surface area contributed by atoms with Gasteiger partial charge in [-0.05, 0) is 18.6 Å². The fourth-order valence-electron chi connectivity index (χ4n) is 0.796. The second-order valence-corrected chi connectivity index (χ2v) is 2.17. The summed E-state index contributed by atoms with van der Waals surface area (Å²) in [7, 11) is 0. The number of carbonyl (C=O) groups is 1. The Balaban J connectivity index is 0.00000121. The summed E-state index contributed by atoms with van der Waals surface area (Å²) in [5.74, 6) is -0.972. The first-order chi connectivity index (χ1) is 5.24. The number of rotatable bonds is 2. The van der Waals surface area contributed by atoms with Gasteiger partial charge in [-0.25, -0.2) is 9.78 Å². The molecule has 0 aliphatic rings. The summed E-state index contributed by atoms with van der Waals surface area (Å²) in [6.07, 6.45) is 0.765. The lowest BCUT2D eigenvalue weighted by Gasteiger charge is -1.96. The van der Waals surface area contributed by atoms with Gasteiger partial charge in [0.25, 0.3) is 0 Å². The van der Waals surface area contributed by atoms with Crippen LogP contribution in [0.4, 0.5) is 0 Å². The highest BCUT2D eigenvalue weighted by Gasteiger charge is 2.02. The maximum Gasteiger partial charge on any atom is 0.354 e. The zero-order valence-corrected chi connectivity index (χ0v) is 7.47. The summed E-state index contributed by atoms with van der Waals surface area (Å²) in [5, 5.41) is 8.54. The predicted molar refractivity (Wildman–Crippen MR) is 47.8 cm³/mol. The lowest BCUT2D eigenvalue weighted by molar-refractivity contribution is 0.0690. The summed E-state index contributed by atoms with van der Waals surface area (Å²) in [4.78, 5) is 14.3. The highest BCUT2D eigenvalue weighted by molar-refractivity contribution is 5.85. The molecule has 4 heteroatoms. The van der Waals surface area contributed by atoms with Gasteiger partial charge in [0.15, 0.2) is 0 Å². The summed E-state index contributed by atoms with van der Waals surface area (Å²) in [6.45, 7) is 1.94. The van der Waals surface area contributed by atoms with Gasteiger partial charge in [-0.15, -0.1) is 12.4 Å². The molecule has 1 aromatic heterocycles. The number of halogens is 1. The van der Waals surface area contributed by atoms with E-state index in [1.807, 2.05) is 13.0 Å². The average molecular weight is 188 g/mol. The Morgan fingerprint density at radius 1 is 1.58 bits per heavy atom. The van der Waals surface area contributed by atoms with Gasteiger partial charge in [0, 0.05) is 5.69 Å². The average Bonchev–Trinajstić information content (AvgIpc) is 2.05. The van der Waals surface area contributed by atoms with E-state index < -0.39 is 5.97 Å². The standard InChI is InChI=1S/C8H9NO2.ClH/c1-2-6-4-3-5-7(9-6)8(10)11;/h3-5H,2H2,1H3,(H,10,11);1H. The minimum Gasteiger partial charge on any atom is -0.477 e. The van der Waals surface area contributed by atoms with Gasteiger partial charge in [0.05, 0.1) is 0 Å². The van der Waals surface area contributed by atoms with Gasteiger partial charge >= 0.3 is 5.97 Å². The van der Waals surface area contributed by atoms with Crippen LogP contribution < -0.4 is 0 Å². The molecule has 0 aliphatic carbocycles. The van der Waals surface area contributed by atoms with Gasteiger partial charge in [0.1, 0.15) is 5.69 Å². The van der Waals surface area contributed by atoms with Gasteiger partial charge < -0.3 is 5.11 Å². The third-order valence-corrected chi connectivity index (χ3v) is 1.39. The van der Waals surface area contributed by atoms with Crippen molar-refractivity contribution in [1.82, 2.24) is 4.98 Å². The Morgan fingerprint density at radius 3 is 2.75 bits per heavy atom. The highest BCUT2D eigenvalue weighted by atomic mass is 35.5. The van der Waals surface area contributed by atoms with Crippen LogP contribution in [-0.4, -0.2) is 16.1 Å². The highest BCUT2D eigenvalue weighted by Crippen LogP contribution is 1.99. The molecule has 12 heavy (non-hydrogen) atoms. The fraction of sp³-hybridized carbons (Fsp3) is 0.250. The van der Waals surface area contributed by atoms with Crippen LogP contribution in [0, 0.1) is 0 Å². The summed E-state index contributed by atoms with van der Waals surface area (Å²) < 4.78 is 0. The van der Waals surface area contributed by atoms with E-state index in [0.29, 0.717) is 0 Å². The quantitative estimate of drug-likeness (QED) is 0.768. The number of aryl methyl sites for hydroxylation is 1. The van der Waals surface area contributed by atoms with Crippen molar-refractivity contribution in [3.05, 3.63) is 29.6 Å². The van der Waals surface area contributed by atoms with Gasteiger partial charge in [-0.2, -0.15) is 0 Å². The zero-order valence-electron chi connectivity index (χ0n) is 6.65. The molecular formula is C8H10ClNO2. The lowest BCUT2D eigenvalue weighted by atomic mass is 10.2. The molecule has 0 saturated heterocycles. The van der Waals surface area contributed by atoms with Crippen LogP contribution in [0.1, 0.15) is 23.1 Å². The van der Waals surface area contributed by atoms with Crippen LogP contribution in [0.2, 0.25) is 0 Å². The Kier molecular flexibility index (Phi) is 4.29. The summed E-state index contributed by atoms with van der Waals surface area (Å²) in [5.41, 5.74) is 0.925. The third-order valence-electron chi connectivity index (χ3n) is 1.39. The van der Waals surface area contributed by atoms with Gasteiger partial charge in [-0.3, -0.25) is 0 Å². The lowest BCUT2D eigenvalue weighted by Crippen LogP contribution is -2.01. The molecule has 0 aliphatic heterocycles. The molecule has 1 heterocycles. The largest absolute Gasteiger partial charge is 0.477 e. The van der Waals surface area contributed by atoms with Crippen molar-refractivity contribution < 1.29 is 9.90 Å². The molecule has 0 spiro atoms. The molecule has 0 saturated carbocycles. The molecule has 1 aromatic rings. The van der Waals surface area contributed by atoms with E-state index in [2.05, 4.69) is 4.98 Å². The predicted octanol–water partition coefficient (Wildman–Crippen LogP) is 1.76. The van der Waals surface area contributed by atoms with E-state index in [4.69, 9.17) is 5.11 Å². The number of nitrogens with zero attached hydrogens (tertiary/aromatic N) is 1. The molecule has 0 amide bonds. The third kappa shape index (κ3) is 2.51. The molecule has 0 radical (unpaired) electrons. The monoisotopic (exact) mass is 187 g/mol. The molecular weight excluding hydrogens is 178 g/mol. The first-order valence-corrected chi connectivity index (χ1v) is 3.43. The van der Waals surface area contributed by atoms with Crippen LogP contribution in [0.25, 0.3) is 0 Å². The van der Waals surface area contributed by atoms with E-state index in [9.17, 15) is 4.79 Å². The molecule has 0 unspecified atom stereocenters. The fourth-order valence-corrected chi connectivity index (χ4v) is 0.796. The number of hydrogen-bond donors (Lipinski definition) is 1. The molecule has 0 fully saturated rings. The second-order valence-electron chi connectivity index (χ2n) is 2.17. The topological polar surface area (TPSA) is 50.2 Å². The van der Waals surface area contributed by atoms with Crippen molar-refractivity contribution in [2.75, 3.05) is 0 Å². The minimum atomic E-state index is -0.972. The Bertz CT molecular complexity index is 276. The Hall–Kier alpha value is -1.09. The van der Waals surface area contributed by atoms with E-state index in [1.54, 1.807) is 6.07 Å². The number of pyridine rings is 1. The number of hydrogen-bond acceptors (Lipinski definition) is 2. The minimum absolute atomic E-state index is 0. The van der Waals surface area contributed by atoms with E-state index in [-0.39, 0.29) is 18.1 Å². The van der Waals surface area contributed by atoms with Gasteiger partial charge in [-0.1, -0.05) is 13.0 Å². The van der Waals surface area contributed by atoms with Crippen LogP contribution in [-0.2, 0) is 6.42 Å². The van der Waals surface area contributed by atoms with Crippen molar-refractivity contribution >= 4 is 18.4 Å². The number of aromatic nitrogens is 1. The van der Waals surface area contributed by atoms with Crippen molar-refractivity contribution in [2.24, 2.45) is 0 Å². The van der Waals surface area contributed by atoms with E-state index in [0.717, 1.165) is 12.1 Å². The Morgan fingerprint density at radius 2 is 2.25 bits per heavy atom.